The molecule has 1 saturated carbocycles. The molecule has 1 amide bonds. The second-order valence-electron chi connectivity index (χ2n) is 6.99. The molecule has 1 aliphatic carbocycles. The van der Waals surface area contributed by atoms with E-state index in [0.717, 1.165) is 12.8 Å². The molecule has 1 fully saturated rings. The molecule has 0 atom stereocenters. The zero-order chi connectivity index (χ0) is 19.3. The number of ether oxygens (including phenoxy) is 2. The largest absolute Gasteiger partial charge is 0.462 e. The van der Waals surface area contributed by atoms with E-state index >= 15 is 0 Å². The average Bonchev–Trinajstić information content (AvgIpc) is 3.36. The van der Waals surface area contributed by atoms with Crippen molar-refractivity contribution >= 4 is 29.6 Å². The monoisotopic (exact) mass is 382 g/mol. The van der Waals surface area contributed by atoms with Crippen LogP contribution in [0.3, 0.4) is 0 Å². The van der Waals surface area contributed by atoms with Gasteiger partial charge in [0.05, 0.1) is 6.61 Å². The Balaban J connectivity index is 2.27. The lowest BCUT2D eigenvalue weighted by atomic mass is 10.2. The zero-order valence-electron chi connectivity index (χ0n) is 15.9. The molecule has 0 unspecified atom stereocenters. The van der Waals surface area contributed by atoms with Gasteiger partial charge in [0.15, 0.2) is 11.0 Å². The predicted molar refractivity (Wildman–Crippen MR) is 99.1 cm³/mol. The highest BCUT2D eigenvalue weighted by Crippen LogP contribution is 2.30. The van der Waals surface area contributed by atoms with Gasteiger partial charge in [-0.15, -0.1) is 0 Å². The molecule has 2 rings (SSSR count). The first-order valence-corrected chi connectivity index (χ1v) is 9.81. The molecule has 1 heterocycles. The predicted octanol–water partition coefficient (Wildman–Crippen LogP) is 3.35. The smallest absolute Gasteiger partial charge is 0.429 e. The van der Waals surface area contributed by atoms with Gasteiger partial charge < -0.3 is 9.47 Å². The number of carbonyl (C=O) groups excluding carboxylic acids is 2. The fourth-order valence-electron chi connectivity index (χ4n) is 2.08. The number of esters is 1. The summed E-state index contributed by atoms with van der Waals surface area (Å²) >= 11 is 1.34. The third-order valence-corrected chi connectivity index (χ3v) is 4.00. The van der Waals surface area contributed by atoms with Crippen molar-refractivity contribution in [3.05, 3.63) is 11.8 Å². The molecule has 1 aromatic heterocycles. The number of carbonyl (C=O) groups is 2. The lowest BCUT2D eigenvalue weighted by molar-refractivity contribution is 0.0285. The molecule has 1 N–H and O–H groups in total. The summed E-state index contributed by atoms with van der Waals surface area (Å²) in [6.45, 7) is 7.86. The summed E-state index contributed by atoms with van der Waals surface area (Å²) in [5, 5.41) is 1.86. The molecule has 8 nitrogen and oxygen atoms in total. The number of hydrogen-bond donors (Lipinski definition) is 1. The molecule has 0 aliphatic heterocycles. The van der Waals surface area contributed by atoms with E-state index in [0.29, 0.717) is 17.6 Å². The standard InChI is InChI=1S/C17H26N4O4S/c1-6-24-14(22)12-9-18-15(26-5)19-13(12)20-21(10-11-7-8-11)16(23)25-17(2,3)4/h9,11H,6-8,10H2,1-5H3,(H,18,19,20). The van der Waals surface area contributed by atoms with Gasteiger partial charge in [-0.05, 0) is 52.7 Å². The van der Waals surface area contributed by atoms with Gasteiger partial charge in [0, 0.05) is 12.7 Å². The van der Waals surface area contributed by atoms with Crippen molar-refractivity contribution in [3.63, 3.8) is 0 Å². The molecule has 9 heteroatoms. The van der Waals surface area contributed by atoms with Crippen molar-refractivity contribution < 1.29 is 19.1 Å². The molecule has 26 heavy (non-hydrogen) atoms. The van der Waals surface area contributed by atoms with Crippen LogP contribution in [0.15, 0.2) is 11.4 Å². The van der Waals surface area contributed by atoms with E-state index in [1.165, 1.54) is 23.0 Å². The van der Waals surface area contributed by atoms with E-state index in [2.05, 4.69) is 15.4 Å². The van der Waals surface area contributed by atoms with Gasteiger partial charge in [0.25, 0.3) is 0 Å². The third kappa shape index (κ3) is 6.05. The second-order valence-corrected chi connectivity index (χ2v) is 7.76. The summed E-state index contributed by atoms with van der Waals surface area (Å²) in [4.78, 5) is 33.2. The van der Waals surface area contributed by atoms with Crippen LogP contribution in [-0.4, -0.2) is 52.0 Å². The Morgan fingerprint density at radius 3 is 2.62 bits per heavy atom. The molecule has 0 spiro atoms. The van der Waals surface area contributed by atoms with Crippen molar-refractivity contribution in [2.75, 3.05) is 24.8 Å². The van der Waals surface area contributed by atoms with Crippen molar-refractivity contribution in [1.82, 2.24) is 15.0 Å². The van der Waals surface area contributed by atoms with Gasteiger partial charge in [0.1, 0.15) is 11.2 Å². The minimum atomic E-state index is -0.624. The minimum Gasteiger partial charge on any atom is -0.462 e. The van der Waals surface area contributed by atoms with Gasteiger partial charge in [-0.25, -0.2) is 24.6 Å². The van der Waals surface area contributed by atoms with Crippen LogP contribution in [0.1, 0.15) is 50.9 Å². The van der Waals surface area contributed by atoms with Gasteiger partial charge in [-0.1, -0.05) is 11.8 Å². The van der Waals surface area contributed by atoms with E-state index in [1.54, 1.807) is 27.7 Å². The Kier molecular flexibility index (Phi) is 6.69. The van der Waals surface area contributed by atoms with Crippen LogP contribution in [0.25, 0.3) is 0 Å². The molecule has 0 bridgehead atoms. The highest BCUT2D eigenvalue weighted by molar-refractivity contribution is 7.98. The first kappa shape index (κ1) is 20.3. The van der Waals surface area contributed by atoms with E-state index in [9.17, 15) is 9.59 Å². The van der Waals surface area contributed by atoms with E-state index < -0.39 is 17.7 Å². The first-order valence-electron chi connectivity index (χ1n) is 8.58. The summed E-state index contributed by atoms with van der Waals surface area (Å²) in [6.07, 6.45) is 4.85. The summed E-state index contributed by atoms with van der Waals surface area (Å²) in [5.74, 6) is 0.107. The molecular weight excluding hydrogens is 356 g/mol. The van der Waals surface area contributed by atoms with Crippen molar-refractivity contribution in [2.24, 2.45) is 5.92 Å². The van der Waals surface area contributed by atoms with Crippen LogP contribution >= 0.6 is 11.8 Å². The SMILES string of the molecule is CCOC(=O)c1cnc(SC)nc1NN(CC1CC1)C(=O)OC(C)(C)C. The number of hydrogen-bond acceptors (Lipinski definition) is 8. The number of nitrogens with zero attached hydrogens (tertiary/aromatic N) is 3. The Hall–Kier alpha value is -2.03. The van der Waals surface area contributed by atoms with Gasteiger partial charge in [-0.2, -0.15) is 0 Å². The van der Waals surface area contributed by atoms with Crippen LogP contribution in [-0.2, 0) is 9.47 Å². The zero-order valence-corrected chi connectivity index (χ0v) is 16.7. The fraction of sp³-hybridized carbons (Fsp3) is 0.647. The van der Waals surface area contributed by atoms with Crippen molar-refractivity contribution in [3.8, 4) is 0 Å². The van der Waals surface area contributed by atoms with Crippen LogP contribution < -0.4 is 5.43 Å². The second kappa shape index (κ2) is 8.57. The number of anilines is 1. The lowest BCUT2D eigenvalue weighted by Crippen LogP contribution is -2.42. The lowest BCUT2D eigenvalue weighted by Gasteiger charge is -2.28. The first-order chi connectivity index (χ1) is 12.2. The summed E-state index contributed by atoms with van der Waals surface area (Å²) < 4.78 is 10.5. The van der Waals surface area contributed by atoms with Gasteiger partial charge in [-0.3, -0.25) is 5.43 Å². The van der Waals surface area contributed by atoms with Crippen molar-refractivity contribution in [1.29, 1.82) is 0 Å². The summed E-state index contributed by atoms with van der Waals surface area (Å²) in [6, 6.07) is 0. The fourth-order valence-corrected chi connectivity index (χ4v) is 2.42. The number of rotatable bonds is 7. The molecule has 1 aliphatic rings. The highest BCUT2D eigenvalue weighted by Gasteiger charge is 2.31. The Morgan fingerprint density at radius 1 is 1.38 bits per heavy atom. The maximum absolute atomic E-state index is 12.6. The molecule has 1 aromatic rings. The molecule has 0 aromatic carbocycles. The number of nitrogens with one attached hydrogen (secondary N) is 1. The highest BCUT2D eigenvalue weighted by atomic mass is 32.2. The Bertz CT molecular complexity index is 659. The van der Waals surface area contributed by atoms with Gasteiger partial charge in [0.2, 0.25) is 0 Å². The van der Waals surface area contributed by atoms with Crippen LogP contribution in [0.4, 0.5) is 10.6 Å². The average molecular weight is 382 g/mol. The topological polar surface area (TPSA) is 93.6 Å². The maximum atomic E-state index is 12.6. The molecule has 144 valence electrons. The molecule has 0 radical (unpaired) electrons. The number of amides is 1. The van der Waals surface area contributed by atoms with E-state index in [-0.39, 0.29) is 18.0 Å². The number of thioether (sulfide) groups is 1. The number of aromatic nitrogens is 2. The van der Waals surface area contributed by atoms with Crippen LogP contribution in [0.2, 0.25) is 0 Å². The molecular formula is C17H26N4O4S. The quantitative estimate of drug-likeness (QED) is 0.332. The summed E-state index contributed by atoms with van der Waals surface area (Å²) in [5.41, 5.74) is 2.50. The minimum absolute atomic E-state index is 0.175. The number of hydrazine groups is 1. The van der Waals surface area contributed by atoms with Crippen LogP contribution in [0.5, 0.6) is 0 Å². The van der Waals surface area contributed by atoms with E-state index in [4.69, 9.17) is 9.47 Å². The summed E-state index contributed by atoms with van der Waals surface area (Å²) in [7, 11) is 0. The Morgan fingerprint density at radius 2 is 2.08 bits per heavy atom. The molecule has 0 saturated heterocycles. The Labute approximate surface area is 158 Å². The van der Waals surface area contributed by atoms with Crippen LogP contribution in [0, 0.1) is 5.92 Å². The van der Waals surface area contributed by atoms with E-state index in [1.807, 2.05) is 6.26 Å². The normalized spacial score (nSPS) is 13.9. The maximum Gasteiger partial charge on any atom is 0.429 e. The van der Waals surface area contributed by atoms with Crippen molar-refractivity contribution in [2.45, 2.75) is 51.3 Å². The third-order valence-electron chi connectivity index (χ3n) is 3.44. The van der Waals surface area contributed by atoms with Gasteiger partial charge >= 0.3 is 12.1 Å².